The number of aromatic nitrogens is 2. The number of benzene rings is 1. The molecule has 0 saturated carbocycles. The summed E-state index contributed by atoms with van der Waals surface area (Å²) in [5.74, 6) is -0.264. The Kier molecular flexibility index (Phi) is 2.74. The number of carbonyl (C=O) groups excluding carboxylic acids is 1. The monoisotopic (exact) mass is 276 g/mol. The first-order valence-electron chi connectivity index (χ1n) is 6.00. The highest BCUT2D eigenvalue weighted by Crippen LogP contribution is 2.51. The molecule has 0 N–H and O–H groups in total. The normalized spacial score (nSPS) is 20.3. The van der Waals surface area contributed by atoms with Crippen molar-refractivity contribution in [3.05, 3.63) is 47.5 Å². The quantitative estimate of drug-likeness (QED) is 0.789. The van der Waals surface area contributed by atoms with Gasteiger partial charge in [-0.05, 0) is 31.5 Å². The molecule has 19 heavy (non-hydrogen) atoms. The van der Waals surface area contributed by atoms with Crippen LogP contribution in [0.1, 0.15) is 35.9 Å². The van der Waals surface area contributed by atoms with E-state index >= 15 is 0 Å². The van der Waals surface area contributed by atoms with Crippen molar-refractivity contribution in [2.75, 3.05) is 0 Å². The zero-order valence-electron chi connectivity index (χ0n) is 10.6. The third-order valence-corrected chi connectivity index (χ3v) is 4.58. The fraction of sp³-hybridized carbons (Fsp3) is 0.286. The molecule has 1 unspecified atom stereocenters. The second kappa shape index (κ2) is 4.20. The Balaban J connectivity index is 2.19. The van der Waals surface area contributed by atoms with Gasteiger partial charge < -0.3 is 4.57 Å². The lowest BCUT2D eigenvalue weighted by Gasteiger charge is -2.27. The maximum Gasteiger partial charge on any atom is 0.169 e. The molecule has 0 fully saturated rings. The Bertz CT molecular complexity index is 651. The number of imidazole rings is 1. The van der Waals surface area contributed by atoms with E-state index in [1.165, 1.54) is 12.1 Å². The fourth-order valence-corrected chi connectivity index (χ4v) is 3.85. The Hall–Kier alpha value is -1.62. The molecule has 0 radical (unpaired) electrons. The van der Waals surface area contributed by atoms with Gasteiger partial charge in [-0.1, -0.05) is 23.9 Å². The van der Waals surface area contributed by atoms with Crippen molar-refractivity contribution in [1.82, 2.24) is 9.55 Å². The number of fused-ring (bicyclic) bond motifs is 1. The lowest BCUT2D eigenvalue weighted by atomic mass is 9.94. The molecule has 0 aliphatic carbocycles. The van der Waals surface area contributed by atoms with Crippen molar-refractivity contribution in [3.63, 3.8) is 0 Å². The lowest BCUT2D eigenvalue weighted by molar-refractivity contribution is 0.111. The van der Waals surface area contributed by atoms with E-state index in [0.29, 0.717) is 5.69 Å². The van der Waals surface area contributed by atoms with Crippen molar-refractivity contribution in [2.24, 2.45) is 0 Å². The molecule has 0 saturated heterocycles. The summed E-state index contributed by atoms with van der Waals surface area (Å²) < 4.78 is 15.2. The Morgan fingerprint density at radius 1 is 1.47 bits per heavy atom. The molecule has 2 aromatic rings. The third-order valence-electron chi connectivity index (χ3n) is 3.35. The van der Waals surface area contributed by atoms with Crippen molar-refractivity contribution >= 4 is 18.0 Å². The topological polar surface area (TPSA) is 34.9 Å². The summed E-state index contributed by atoms with van der Waals surface area (Å²) in [6, 6.07) is 6.44. The molecule has 0 amide bonds. The van der Waals surface area contributed by atoms with Crippen LogP contribution in [0.2, 0.25) is 0 Å². The molecule has 5 heteroatoms. The van der Waals surface area contributed by atoms with Crippen LogP contribution >= 0.6 is 11.8 Å². The highest BCUT2D eigenvalue weighted by Gasteiger charge is 2.43. The van der Waals surface area contributed by atoms with E-state index in [1.54, 1.807) is 24.0 Å². The minimum Gasteiger partial charge on any atom is -0.308 e. The van der Waals surface area contributed by atoms with Crippen LogP contribution < -0.4 is 0 Å². The summed E-state index contributed by atoms with van der Waals surface area (Å²) in [6.45, 7) is 4.16. The Morgan fingerprint density at radius 2 is 2.26 bits per heavy atom. The van der Waals surface area contributed by atoms with Gasteiger partial charge in [0.25, 0.3) is 0 Å². The first-order valence-corrected chi connectivity index (χ1v) is 6.81. The smallest absolute Gasteiger partial charge is 0.169 e. The van der Waals surface area contributed by atoms with Gasteiger partial charge in [0.1, 0.15) is 11.5 Å². The summed E-state index contributed by atoms with van der Waals surface area (Å²) in [5, 5.41) is 0.807. The zero-order valence-corrected chi connectivity index (χ0v) is 11.4. The van der Waals surface area contributed by atoms with Crippen molar-refractivity contribution < 1.29 is 9.18 Å². The fourth-order valence-electron chi connectivity index (χ4n) is 2.61. The van der Waals surface area contributed by atoms with Crippen LogP contribution in [-0.4, -0.2) is 20.6 Å². The Labute approximate surface area is 114 Å². The number of carbonyl (C=O) groups is 1. The van der Waals surface area contributed by atoms with E-state index < -0.39 is 0 Å². The molecule has 1 aromatic heterocycles. The van der Waals surface area contributed by atoms with Crippen LogP contribution in [-0.2, 0) is 0 Å². The van der Waals surface area contributed by atoms with E-state index in [4.69, 9.17) is 0 Å². The van der Waals surface area contributed by atoms with Gasteiger partial charge in [-0.2, -0.15) is 0 Å². The number of hydrogen-bond acceptors (Lipinski definition) is 3. The largest absolute Gasteiger partial charge is 0.308 e. The molecule has 3 rings (SSSR count). The van der Waals surface area contributed by atoms with Gasteiger partial charge in [-0.3, -0.25) is 4.79 Å². The average Bonchev–Trinajstić information content (AvgIpc) is 2.82. The summed E-state index contributed by atoms with van der Waals surface area (Å²) >= 11 is 1.61. The van der Waals surface area contributed by atoms with Crippen LogP contribution in [0, 0.1) is 5.82 Å². The number of thioether (sulfide) groups is 1. The summed E-state index contributed by atoms with van der Waals surface area (Å²) in [7, 11) is 0. The van der Waals surface area contributed by atoms with E-state index in [0.717, 1.165) is 17.0 Å². The predicted octanol–water partition coefficient (Wildman–Crippen LogP) is 3.31. The summed E-state index contributed by atoms with van der Waals surface area (Å²) in [5.41, 5.74) is 1.39. The predicted molar refractivity (Wildman–Crippen MR) is 72.1 cm³/mol. The van der Waals surface area contributed by atoms with E-state index in [-0.39, 0.29) is 16.6 Å². The van der Waals surface area contributed by atoms with Crippen LogP contribution in [0.4, 0.5) is 4.39 Å². The standard InChI is InChI=1S/C14H13FN2OS/c1-14(2)12(9-4-3-5-10(15)6-9)17-11(8-18)7-16-13(17)19-14/h3-8,12H,1-2H3. The summed E-state index contributed by atoms with van der Waals surface area (Å²) in [6.07, 6.45) is 2.36. The number of hydrogen-bond donors (Lipinski definition) is 0. The molecule has 0 spiro atoms. The maximum atomic E-state index is 13.5. The molecule has 1 atom stereocenters. The van der Waals surface area contributed by atoms with Crippen molar-refractivity contribution in [1.29, 1.82) is 0 Å². The molecule has 3 nitrogen and oxygen atoms in total. The molecular weight excluding hydrogens is 263 g/mol. The SMILES string of the molecule is CC1(C)Sc2ncc(C=O)n2C1c1cccc(F)c1. The molecule has 1 aliphatic heterocycles. The van der Waals surface area contributed by atoms with Crippen LogP contribution in [0.15, 0.2) is 35.6 Å². The van der Waals surface area contributed by atoms with E-state index in [9.17, 15) is 9.18 Å². The van der Waals surface area contributed by atoms with Crippen LogP contribution in [0.5, 0.6) is 0 Å². The first kappa shape index (κ1) is 12.4. The number of aldehydes is 1. The molecule has 1 aliphatic rings. The molecule has 98 valence electrons. The molecule has 1 aromatic carbocycles. The maximum absolute atomic E-state index is 13.5. The molecule has 0 bridgehead atoms. The van der Waals surface area contributed by atoms with Gasteiger partial charge in [-0.25, -0.2) is 9.37 Å². The number of rotatable bonds is 2. The van der Waals surface area contributed by atoms with E-state index in [2.05, 4.69) is 18.8 Å². The van der Waals surface area contributed by atoms with Crippen molar-refractivity contribution in [2.45, 2.75) is 29.8 Å². The molecular formula is C14H13FN2OS. The minimum atomic E-state index is -0.264. The second-order valence-electron chi connectivity index (χ2n) is 5.12. The van der Waals surface area contributed by atoms with Gasteiger partial charge in [0.2, 0.25) is 0 Å². The van der Waals surface area contributed by atoms with Gasteiger partial charge in [0.15, 0.2) is 11.4 Å². The zero-order chi connectivity index (χ0) is 13.6. The average molecular weight is 276 g/mol. The summed E-state index contributed by atoms with van der Waals surface area (Å²) in [4.78, 5) is 15.4. The minimum absolute atomic E-state index is 0.0918. The second-order valence-corrected chi connectivity index (χ2v) is 6.74. The highest BCUT2D eigenvalue weighted by molar-refractivity contribution is 8.00. The van der Waals surface area contributed by atoms with Crippen LogP contribution in [0.3, 0.4) is 0 Å². The van der Waals surface area contributed by atoms with E-state index in [1.807, 2.05) is 10.6 Å². The van der Waals surface area contributed by atoms with Gasteiger partial charge >= 0.3 is 0 Å². The van der Waals surface area contributed by atoms with Gasteiger partial charge in [-0.15, -0.1) is 0 Å². The first-order chi connectivity index (χ1) is 9.03. The lowest BCUT2D eigenvalue weighted by Crippen LogP contribution is -2.26. The highest BCUT2D eigenvalue weighted by atomic mass is 32.2. The van der Waals surface area contributed by atoms with Crippen molar-refractivity contribution in [3.8, 4) is 0 Å². The molecule has 2 heterocycles. The third kappa shape index (κ3) is 1.89. The Morgan fingerprint density at radius 3 is 2.95 bits per heavy atom. The van der Waals surface area contributed by atoms with Gasteiger partial charge in [0.05, 0.1) is 12.2 Å². The van der Waals surface area contributed by atoms with Gasteiger partial charge in [0, 0.05) is 4.75 Å². The number of nitrogens with zero attached hydrogens (tertiary/aromatic N) is 2. The van der Waals surface area contributed by atoms with Crippen LogP contribution in [0.25, 0.3) is 0 Å². The number of halogens is 1.